The van der Waals surface area contributed by atoms with E-state index in [9.17, 15) is 0 Å². The van der Waals surface area contributed by atoms with E-state index in [0.717, 1.165) is 0 Å². The molecule has 0 amide bonds. The molecule has 0 heterocycles. The summed E-state index contributed by atoms with van der Waals surface area (Å²) >= 11 is 2.46. The van der Waals surface area contributed by atoms with Crippen molar-refractivity contribution in [2.45, 2.75) is 6.04 Å². The standard InChI is InChI=1S/C3H7ISi/c1-2-3-5-4/h2H,1,3,5H2. The quantitative estimate of drug-likeness (QED) is 0.270. The third-order valence-corrected chi connectivity index (χ3v) is 2.81. The van der Waals surface area contributed by atoms with Crippen molar-refractivity contribution in [1.82, 2.24) is 0 Å². The molecule has 0 aromatic heterocycles. The van der Waals surface area contributed by atoms with E-state index >= 15 is 0 Å². The molecule has 0 aromatic rings. The molecular weight excluding hydrogens is 191 g/mol. The fourth-order valence-corrected chi connectivity index (χ4v) is 1.55. The summed E-state index contributed by atoms with van der Waals surface area (Å²) in [7, 11) is 0.266. The Morgan fingerprint density at radius 2 is 2.60 bits per heavy atom. The van der Waals surface area contributed by atoms with Crippen LogP contribution in [0.15, 0.2) is 12.7 Å². The van der Waals surface area contributed by atoms with Gasteiger partial charge in [-0.2, -0.15) is 0 Å². The Morgan fingerprint density at radius 3 is 2.60 bits per heavy atom. The Kier molecular flexibility index (Phi) is 5.33. The molecular formula is C3H7ISi. The van der Waals surface area contributed by atoms with Crippen LogP contribution in [0.4, 0.5) is 0 Å². The summed E-state index contributed by atoms with van der Waals surface area (Å²) in [6.45, 7) is 3.58. The lowest BCUT2D eigenvalue weighted by molar-refractivity contribution is 1.76. The van der Waals surface area contributed by atoms with E-state index in [1.54, 1.807) is 0 Å². The van der Waals surface area contributed by atoms with Gasteiger partial charge in [-0.25, -0.2) is 0 Å². The number of hydrogen-bond donors (Lipinski definition) is 0. The lowest BCUT2D eigenvalue weighted by atomic mass is 10.8. The molecule has 5 heavy (non-hydrogen) atoms. The van der Waals surface area contributed by atoms with Crippen molar-refractivity contribution in [2.75, 3.05) is 0 Å². The summed E-state index contributed by atoms with van der Waals surface area (Å²) in [5.74, 6) is 0. The monoisotopic (exact) mass is 198 g/mol. The first-order valence-electron chi connectivity index (χ1n) is 1.58. The van der Waals surface area contributed by atoms with Crippen LogP contribution in [0.2, 0.25) is 6.04 Å². The molecule has 0 aliphatic heterocycles. The number of hydrogen-bond acceptors (Lipinski definition) is 0. The summed E-state index contributed by atoms with van der Waals surface area (Å²) < 4.78 is 0. The SMILES string of the molecule is C=CC[SiH2]I. The maximum Gasteiger partial charge on any atom is 0.0974 e. The van der Waals surface area contributed by atoms with Crippen molar-refractivity contribution < 1.29 is 0 Å². The van der Waals surface area contributed by atoms with Gasteiger partial charge in [0.25, 0.3) is 0 Å². The number of rotatable bonds is 2. The van der Waals surface area contributed by atoms with Crippen molar-refractivity contribution >= 4 is 28.8 Å². The predicted molar refractivity (Wildman–Crippen MR) is 37.6 cm³/mol. The topological polar surface area (TPSA) is 0 Å². The van der Waals surface area contributed by atoms with Gasteiger partial charge in [0.2, 0.25) is 0 Å². The molecule has 30 valence electrons. The summed E-state index contributed by atoms with van der Waals surface area (Å²) in [6, 6.07) is 1.28. The Labute approximate surface area is 47.7 Å². The smallest absolute Gasteiger partial charge is 0.0974 e. The average molecular weight is 198 g/mol. The molecule has 0 fully saturated rings. The van der Waals surface area contributed by atoms with Gasteiger partial charge in [-0.1, -0.05) is 6.08 Å². The first-order chi connectivity index (χ1) is 2.41. The minimum Gasteiger partial charge on any atom is -0.128 e. The van der Waals surface area contributed by atoms with Gasteiger partial charge in [-0.3, -0.25) is 0 Å². The van der Waals surface area contributed by atoms with Gasteiger partial charge in [-0.15, -0.1) is 28.4 Å². The zero-order chi connectivity index (χ0) is 4.12. The molecule has 0 nitrogen and oxygen atoms in total. The molecule has 0 saturated carbocycles. The van der Waals surface area contributed by atoms with Crippen molar-refractivity contribution in [3.8, 4) is 0 Å². The predicted octanol–water partition coefficient (Wildman–Crippen LogP) is 1.11. The van der Waals surface area contributed by atoms with Crippen LogP contribution in [0.25, 0.3) is 0 Å². The van der Waals surface area contributed by atoms with E-state index in [4.69, 9.17) is 0 Å². The average Bonchev–Trinajstić information content (AvgIpc) is 1.41. The normalized spacial score (nSPS) is 9.80. The molecule has 0 spiro atoms. The number of allylic oxidation sites excluding steroid dienone is 1. The summed E-state index contributed by atoms with van der Waals surface area (Å²) in [5, 5.41) is 0. The Bertz CT molecular complexity index is 28.1. The fourth-order valence-electron chi connectivity index (χ4n) is 0.0772. The third-order valence-electron chi connectivity index (χ3n) is 0.313. The Morgan fingerprint density at radius 1 is 2.00 bits per heavy atom. The molecule has 0 atom stereocenters. The van der Waals surface area contributed by atoms with Gasteiger partial charge in [0.1, 0.15) is 0 Å². The van der Waals surface area contributed by atoms with Crippen molar-refractivity contribution in [3.63, 3.8) is 0 Å². The van der Waals surface area contributed by atoms with Gasteiger partial charge in [0, 0.05) is 0 Å². The van der Waals surface area contributed by atoms with E-state index < -0.39 is 0 Å². The molecule has 0 saturated heterocycles. The Hall–Kier alpha value is 0.687. The van der Waals surface area contributed by atoms with Crippen LogP contribution < -0.4 is 0 Å². The second-order valence-electron chi connectivity index (χ2n) is 0.766. The maximum absolute atomic E-state index is 3.58. The molecule has 0 aromatic carbocycles. The van der Waals surface area contributed by atoms with Gasteiger partial charge >= 0.3 is 0 Å². The molecule has 0 N–H and O–H groups in total. The second-order valence-corrected chi connectivity index (χ2v) is 4.96. The van der Waals surface area contributed by atoms with Crippen LogP contribution >= 0.6 is 21.8 Å². The van der Waals surface area contributed by atoms with Crippen LogP contribution in [-0.4, -0.2) is 7.02 Å². The molecule has 2 heteroatoms. The van der Waals surface area contributed by atoms with Crippen molar-refractivity contribution in [3.05, 3.63) is 12.7 Å². The largest absolute Gasteiger partial charge is 0.128 e. The lowest BCUT2D eigenvalue weighted by Crippen LogP contribution is -1.63. The van der Waals surface area contributed by atoms with Gasteiger partial charge in [0.05, 0.1) is 7.02 Å². The van der Waals surface area contributed by atoms with Crippen LogP contribution in [-0.2, 0) is 0 Å². The van der Waals surface area contributed by atoms with Crippen LogP contribution in [0.1, 0.15) is 0 Å². The van der Waals surface area contributed by atoms with Crippen LogP contribution in [0, 0.1) is 0 Å². The van der Waals surface area contributed by atoms with Crippen LogP contribution in [0.5, 0.6) is 0 Å². The number of halogens is 1. The highest BCUT2D eigenvalue weighted by Gasteiger charge is 1.65. The highest BCUT2D eigenvalue weighted by atomic mass is 127. The molecule has 0 bridgehead atoms. The van der Waals surface area contributed by atoms with E-state index in [0.29, 0.717) is 0 Å². The van der Waals surface area contributed by atoms with E-state index in [2.05, 4.69) is 28.4 Å². The maximum atomic E-state index is 3.58. The zero-order valence-electron chi connectivity index (χ0n) is 3.08. The minimum absolute atomic E-state index is 0.266. The van der Waals surface area contributed by atoms with E-state index in [1.165, 1.54) is 6.04 Å². The van der Waals surface area contributed by atoms with Crippen LogP contribution in [0.3, 0.4) is 0 Å². The van der Waals surface area contributed by atoms with Gasteiger partial charge < -0.3 is 0 Å². The highest BCUT2D eigenvalue weighted by Crippen LogP contribution is 1.83. The fraction of sp³-hybridized carbons (Fsp3) is 0.333. The lowest BCUT2D eigenvalue weighted by Gasteiger charge is -1.69. The molecule has 0 radical (unpaired) electrons. The summed E-state index contributed by atoms with van der Waals surface area (Å²) in [4.78, 5) is 0. The zero-order valence-corrected chi connectivity index (χ0v) is 6.65. The Balaban J connectivity index is 2.40. The minimum atomic E-state index is 0.266. The third kappa shape index (κ3) is 4.69. The van der Waals surface area contributed by atoms with E-state index in [1.807, 2.05) is 6.08 Å². The summed E-state index contributed by atoms with van der Waals surface area (Å²) in [6.07, 6.45) is 1.98. The van der Waals surface area contributed by atoms with Gasteiger partial charge in [-0.05, 0) is 6.04 Å². The second kappa shape index (κ2) is 4.69. The molecule has 0 unspecified atom stereocenters. The van der Waals surface area contributed by atoms with Crippen molar-refractivity contribution in [2.24, 2.45) is 0 Å². The van der Waals surface area contributed by atoms with Gasteiger partial charge in [0.15, 0.2) is 0 Å². The van der Waals surface area contributed by atoms with Crippen molar-refractivity contribution in [1.29, 1.82) is 0 Å². The molecule has 0 aliphatic carbocycles. The molecule has 0 rings (SSSR count). The molecule has 0 aliphatic rings. The first kappa shape index (κ1) is 5.69. The first-order valence-corrected chi connectivity index (χ1v) is 7.70. The summed E-state index contributed by atoms with van der Waals surface area (Å²) in [5.41, 5.74) is 0. The highest BCUT2D eigenvalue weighted by molar-refractivity contribution is 14.1. The van der Waals surface area contributed by atoms with E-state index in [-0.39, 0.29) is 7.02 Å².